The standard InChI is InChI=1S/C10H15FN2O3S/c1-3-13(2)17(15,16)12-9-6-4-5-8(7-14)10(9)11/h4-6,12,14H,3,7H2,1-2H3. The number of aliphatic hydroxyl groups is 1. The zero-order chi connectivity index (χ0) is 13.1. The summed E-state index contributed by atoms with van der Waals surface area (Å²) in [6.45, 7) is 1.46. The lowest BCUT2D eigenvalue weighted by atomic mass is 10.2. The van der Waals surface area contributed by atoms with Crippen molar-refractivity contribution in [2.75, 3.05) is 18.3 Å². The van der Waals surface area contributed by atoms with E-state index >= 15 is 0 Å². The van der Waals surface area contributed by atoms with Crippen LogP contribution in [0.1, 0.15) is 12.5 Å². The second-order valence-corrected chi connectivity index (χ2v) is 5.24. The first-order valence-corrected chi connectivity index (χ1v) is 6.48. The minimum atomic E-state index is -3.75. The Labute approximate surface area is 100 Å². The van der Waals surface area contributed by atoms with Crippen LogP contribution >= 0.6 is 0 Å². The van der Waals surface area contributed by atoms with E-state index in [1.807, 2.05) is 0 Å². The number of anilines is 1. The summed E-state index contributed by atoms with van der Waals surface area (Å²) in [6, 6.07) is 4.16. The average molecular weight is 262 g/mol. The molecule has 0 aromatic heterocycles. The molecule has 0 radical (unpaired) electrons. The summed E-state index contributed by atoms with van der Waals surface area (Å²) in [5.41, 5.74) is -0.124. The van der Waals surface area contributed by atoms with Crippen molar-refractivity contribution in [1.29, 1.82) is 0 Å². The Bertz CT molecular complexity index is 490. The third kappa shape index (κ3) is 3.15. The normalized spacial score (nSPS) is 11.8. The second kappa shape index (κ2) is 5.44. The van der Waals surface area contributed by atoms with Gasteiger partial charge in [0.2, 0.25) is 0 Å². The average Bonchev–Trinajstić information content (AvgIpc) is 2.30. The molecule has 96 valence electrons. The lowest BCUT2D eigenvalue weighted by molar-refractivity contribution is 0.276. The van der Waals surface area contributed by atoms with Crippen LogP contribution in [0.2, 0.25) is 0 Å². The van der Waals surface area contributed by atoms with Crippen LogP contribution in [-0.2, 0) is 16.8 Å². The van der Waals surface area contributed by atoms with E-state index < -0.39 is 22.6 Å². The fourth-order valence-electron chi connectivity index (χ4n) is 1.17. The summed E-state index contributed by atoms with van der Waals surface area (Å²) >= 11 is 0. The first-order valence-electron chi connectivity index (χ1n) is 5.04. The first kappa shape index (κ1) is 13.9. The minimum Gasteiger partial charge on any atom is -0.392 e. The maximum absolute atomic E-state index is 13.7. The lowest BCUT2D eigenvalue weighted by Crippen LogP contribution is -2.32. The van der Waals surface area contributed by atoms with Gasteiger partial charge in [-0.2, -0.15) is 12.7 Å². The second-order valence-electron chi connectivity index (χ2n) is 3.46. The Hall–Kier alpha value is -1.18. The molecule has 2 N–H and O–H groups in total. The van der Waals surface area contributed by atoms with Gasteiger partial charge in [-0.25, -0.2) is 4.39 Å². The highest BCUT2D eigenvalue weighted by Gasteiger charge is 2.18. The number of aliphatic hydroxyl groups excluding tert-OH is 1. The summed E-state index contributed by atoms with van der Waals surface area (Å²) < 4.78 is 40.2. The molecule has 0 heterocycles. The van der Waals surface area contributed by atoms with Crippen LogP contribution in [0.3, 0.4) is 0 Å². The molecule has 0 spiro atoms. The molecule has 0 saturated carbocycles. The van der Waals surface area contributed by atoms with Gasteiger partial charge >= 0.3 is 10.2 Å². The highest BCUT2D eigenvalue weighted by molar-refractivity contribution is 7.90. The van der Waals surface area contributed by atoms with Crippen molar-refractivity contribution in [2.45, 2.75) is 13.5 Å². The molecule has 0 aliphatic rings. The van der Waals surface area contributed by atoms with Crippen molar-refractivity contribution >= 4 is 15.9 Å². The van der Waals surface area contributed by atoms with Crippen molar-refractivity contribution in [3.05, 3.63) is 29.6 Å². The summed E-state index contributed by atoms with van der Waals surface area (Å²) in [5, 5.41) is 8.87. The summed E-state index contributed by atoms with van der Waals surface area (Å²) in [6.07, 6.45) is 0. The highest BCUT2D eigenvalue weighted by Crippen LogP contribution is 2.19. The van der Waals surface area contributed by atoms with Gasteiger partial charge in [0, 0.05) is 19.2 Å². The molecular formula is C10H15FN2O3S. The maximum atomic E-state index is 13.7. The van der Waals surface area contributed by atoms with Crippen molar-refractivity contribution in [3.8, 4) is 0 Å². The molecule has 7 heteroatoms. The van der Waals surface area contributed by atoms with Crippen LogP contribution in [0.4, 0.5) is 10.1 Å². The van der Waals surface area contributed by atoms with Crippen LogP contribution in [0, 0.1) is 5.82 Å². The Morgan fingerprint density at radius 3 is 2.65 bits per heavy atom. The van der Waals surface area contributed by atoms with Gasteiger partial charge in [0.25, 0.3) is 0 Å². The molecule has 1 aromatic rings. The Morgan fingerprint density at radius 1 is 1.47 bits per heavy atom. The van der Waals surface area contributed by atoms with E-state index in [4.69, 9.17) is 5.11 Å². The van der Waals surface area contributed by atoms with Crippen LogP contribution in [0.15, 0.2) is 18.2 Å². The smallest absolute Gasteiger partial charge is 0.301 e. The van der Waals surface area contributed by atoms with E-state index in [9.17, 15) is 12.8 Å². The van der Waals surface area contributed by atoms with Crippen molar-refractivity contribution in [3.63, 3.8) is 0 Å². The predicted molar refractivity (Wildman–Crippen MR) is 63.2 cm³/mol. The zero-order valence-electron chi connectivity index (χ0n) is 9.64. The molecule has 5 nitrogen and oxygen atoms in total. The van der Waals surface area contributed by atoms with Gasteiger partial charge in [0.1, 0.15) is 0 Å². The Balaban J connectivity index is 3.04. The third-order valence-corrected chi connectivity index (χ3v) is 3.90. The van der Waals surface area contributed by atoms with Gasteiger partial charge in [-0.1, -0.05) is 19.1 Å². The number of halogens is 1. The van der Waals surface area contributed by atoms with Crippen molar-refractivity contribution in [1.82, 2.24) is 4.31 Å². The van der Waals surface area contributed by atoms with Crippen LogP contribution in [0.5, 0.6) is 0 Å². The van der Waals surface area contributed by atoms with Gasteiger partial charge in [0.15, 0.2) is 5.82 Å². The summed E-state index contributed by atoms with van der Waals surface area (Å²) in [4.78, 5) is 0. The van der Waals surface area contributed by atoms with E-state index in [0.29, 0.717) is 0 Å². The number of hydrogen-bond acceptors (Lipinski definition) is 3. The fraction of sp³-hybridized carbons (Fsp3) is 0.400. The largest absolute Gasteiger partial charge is 0.392 e. The highest BCUT2D eigenvalue weighted by atomic mass is 32.2. The topological polar surface area (TPSA) is 69.6 Å². The molecular weight excluding hydrogens is 247 g/mol. The molecule has 0 unspecified atom stereocenters. The number of rotatable bonds is 5. The fourth-order valence-corrected chi connectivity index (χ4v) is 2.10. The van der Waals surface area contributed by atoms with E-state index in [0.717, 1.165) is 4.31 Å². The van der Waals surface area contributed by atoms with Crippen LogP contribution in [0.25, 0.3) is 0 Å². The number of hydrogen-bond donors (Lipinski definition) is 2. The molecule has 0 fully saturated rings. The van der Waals surface area contributed by atoms with Crippen molar-refractivity contribution < 1.29 is 17.9 Å². The van der Waals surface area contributed by atoms with Gasteiger partial charge in [-0.15, -0.1) is 0 Å². The number of benzene rings is 1. The lowest BCUT2D eigenvalue weighted by Gasteiger charge is -2.17. The summed E-state index contributed by atoms with van der Waals surface area (Å²) in [5.74, 6) is -0.761. The minimum absolute atomic E-state index is 0.0457. The Kier molecular flexibility index (Phi) is 4.44. The van der Waals surface area contributed by atoms with E-state index in [-0.39, 0.29) is 17.8 Å². The number of nitrogens with one attached hydrogen (secondary N) is 1. The molecule has 0 aliphatic heterocycles. The zero-order valence-corrected chi connectivity index (χ0v) is 10.5. The SMILES string of the molecule is CCN(C)S(=O)(=O)Nc1cccc(CO)c1F. The molecule has 0 atom stereocenters. The van der Waals surface area contributed by atoms with Crippen LogP contribution < -0.4 is 4.72 Å². The molecule has 1 aromatic carbocycles. The first-order chi connectivity index (χ1) is 7.92. The molecule has 17 heavy (non-hydrogen) atoms. The molecule has 0 aliphatic carbocycles. The van der Waals surface area contributed by atoms with Gasteiger partial charge in [-0.05, 0) is 6.07 Å². The quantitative estimate of drug-likeness (QED) is 0.829. The molecule has 0 saturated heterocycles. The van der Waals surface area contributed by atoms with Gasteiger partial charge in [0.05, 0.1) is 12.3 Å². The Morgan fingerprint density at radius 2 is 2.12 bits per heavy atom. The summed E-state index contributed by atoms with van der Waals surface area (Å²) in [7, 11) is -2.36. The van der Waals surface area contributed by atoms with E-state index in [1.165, 1.54) is 25.2 Å². The number of nitrogens with zero attached hydrogens (tertiary/aromatic N) is 1. The van der Waals surface area contributed by atoms with E-state index in [1.54, 1.807) is 6.92 Å². The third-order valence-electron chi connectivity index (χ3n) is 2.34. The van der Waals surface area contributed by atoms with Crippen molar-refractivity contribution in [2.24, 2.45) is 0 Å². The molecule has 0 amide bonds. The predicted octanol–water partition coefficient (Wildman–Crippen LogP) is 0.926. The monoisotopic (exact) mass is 262 g/mol. The molecule has 0 bridgehead atoms. The van der Waals surface area contributed by atoms with E-state index in [2.05, 4.69) is 4.72 Å². The van der Waals surface area contributed by atoms with Gasteiger partial charge < -0.3 is 5.11 Å². The van der Waals surface area contributed by atoms with Crippen LogP contribution in [-0.4, -0.2) is 31.4 Å². The molecule has 1 rings (SSSR count). The van der Waals surface area contributed by atoms with Gasteiger partial charge in [-0.3, -0.25) is 4.72 Å². The maximum Gasteiger partial charge on any atom is 0.301 e.